The van der Waals surface area contributed by atoms with E-state index in [0.717, 1.165) is 19.1 Å². The first kappa shape index (κ1) is 12.6. The highest BCUT2D eigenvalue weighted by atomic mass is 15.0. The summed E-state index contributed by atoms with van der Waals surface area (Å²) in [7, 11) is 0. The lowest BCUT2D eigenvalue weighted by Crippen LogP contribution is -2.16. The van der Waals surface area contributed by atoms with Crippen molar-refractivity contribution in [3.8, 4) is 0 Å². The van der Waals surface area contributed by atoms with Crippen LogP contribution in [0.25, 0.3) is 10.9 Å². The van der Waals surface area contributed by atoms with Crippen LogP contribution in [-0.4, -0.2) is 15.6 Å². The van der Waals surface area contributed by atoms with E-state index in [0.29, 0.717) is 0 Å². The van der Waals surface area contributed by atoms with Gasteiger partial charge in [0, 0.05) is 37.7 Å². The van der Waals surface area contributed by atoms with Gasteiger partial charge in [-0.2, -0.15) is 0 Å². The lowest BCUT2D eigenvalue weighted by Gasteiger charge is -2.10. The van der Waals surface area contributed by atoms with Crippen LogP contribution >= 0.6 is 0 Å². The molecule has 1 aliphatic carbocycles. The molecule has 1 aromatic carbocycles. The SMILES string of the molecule is c1cncc(Cn2ccc3cccc(CNC4CC4)c32)c1. The van der Waals surface area contributed by atoms with Crippen molar-refractivity contribution in [2.24, 2.45) is 0 Å². The molecule has 0 saturated heterocycles. The standard InChI is InChI=1S/C18H19N3/c1-4-15-8-10-21(13-14-3-2-9-19-11-14)18(15)16(5-1)12-20-17-6-7-17/h1-5,8-11,17,20H,6-7,12-13H2. The molecular weight excluding hydrogens is 258 g/mol. The fourth-order valence-electron chi connectivity index (χ4n) is 2.85. The zero-order valence-electron chi connectivity index (χ0n) is 12.0. The maximum absolute atomic E-state index is 4.21. The molecule has 106 valence electrons. The molecule has 0 atom stereocenters. The summed E-state index contributed by atoms with van der Waals surface area (Å²) in [5.41, 5.74) is 3.96. The summed E-state index contributed by atoms with van der Waals surface area (Å²) in [6, 6.07) is 13.6. The molecule has 0 spiro atoms. The van der Waals surface area contributed by atoms with Crippen LogP contribution in [0.2, 0.25) is 0 Å². The normalized spacial score (nSPS) is 14.7. The molecule has 1 aliphatic rings. The van der Waals surface area contributed by atoms with Crippen molar-refractivity contribution in [1.29, 1.82) is 0 Å². The lowest BCUT2D eigenvalue weighted by molar-refractivity contribution is 0.687. The van der Waals surface area contributed by atoms with E-state index < -0.39 is 0 Å². The molecule has 3 nitrogen and oxygen atoms in total. The zero-order valence-corrected chi connectivity index (χ0v) is 12.0. The van der Waals surface area contributed by atoms with Gasteiger partial charge in [0.15, 0.2) is 0 Å². The Hall–Kier alpha value is -2.13. The Kier molecular flexibility index (Phi) is 3.20. The molecule has 21 heavy (non-hydrogen) atoms. The average molecular weight is 277 g/mol. The Bertz CT molecular complexity index is 742. The van der Waals surface area contributed by atoms with Crippen LogP contribution in [0.1, 0.15) is 24.0 Å². The van der Waals surface area contributed by atoms with Crippen LogP contribution in [0.5, 0.6) is 0 Å². The highest BCUT2D eigenvalue weighted by Gasteiger charge is 2.20. The first-order valence-electron chi connectivity index (χ1n) is 7.59. The van der Waals surface area contributed by atoms with Crippen molar-refractivity contribution in [3.05, 3.63) is 66.1 Å². The van der Waals surface area contributed by atoms with Crippen molar-refractivity contribution in [1.82, 2.24) is 14.9 Å². The molecule has 3 aromatic rings. The van der Waals surface area contributed by atoms with Gasteiger partial charge in [-0.25, -0.2) is 0 Å². The minimum absolute atomic E-state index is 0.738. The third-order valence-electron chi connectivity index (χ3n) is 4.11. The Labute approximate surface area is 124 Å². The van der Waals surface area contributed by atoms with Crippen LogP contribution < -0.4 is 5.32 Å². The fraction of sp³-hybridized carbons (Fsp3) is 0.278. The molecule has 3 heteroatoms. The number of nitrogens with zero attached hydrogens (tertiary/aromatic N) is 2. The molecule has 0 unspecified atom stereocenters. The first-order valence-corrected chi connectivity index (χ1v) is 7.59. The maximum Gasteiger partial charge on any atom is 0.0529 e. The van der Waals surface area contributed by atoms with Gasteiger partial charge in [-0.15, -0.1) is 0 Å². The minimum atomic E-state index is 0.738. The smallest absolute Gasteiger partial charge is 0.0529 e. The van der Waals surface area contributed by atoms with Gasteiger partial charge in [0.1, 0.15) is 0 Å². The number of para-hydroxylation sites is 1. The summed E-state index contributed by atoms with van der Waals surface area (Å²) in [4.78, 5) is 4.21. The molecule has 0 radical (unpaired) electrons. The van der Waals surface area contributed by atoms with E-state index in [1.807, 2.05) is 18.5 Å². The molecule has 0 bridgehead atoms. The molecular formula is C18H19N3. The van der Waals surface area contributed by atoms with Crippen LogP contribution in [0.15, 0.2) is 55.0 Å². The number of rotatable bonds is 5. The van der Waals surface area contributed by atoms with E-state index in [2.05, 4.69) is 51.4 Å². The lowest BCUT2D eigenvalue weighted by atomic mass is 10.1. The molecule has 1 saturated carbocycles. The van der Waals surface area contributed by atoms with Crippen LogP contribution in [0.3, 0.4) is 0 Å². The number of nitrogens with one attached hydrogen (secondary N) is 1. The van der Waals surface area contributed by atoms with Gasteiger partial charge in [-0.05, 0) is 41.5 Å². The number of aromatic nitrogens is 2. The average Bonchev–Trinajstić information content (AvgIpc) is 3.27. The maximum atomic E-state index is 4.21. The van der Waals surface area contributed by atoms with Gasteiger partial charge >= 0.3 is 0 Å². The van der Waals surface area contributed by atoms with Gasteiger partial charge in [-0.1, -0.05) is 24.3 Å². The molecule has 0 aliphatic heterocycles. The van der Waals surface area contributed by atoms with Crippen molar-refractivity contribution < 1.29 is 0 Å². The summed E-state index contributed by atoms with van der Waals surface area (Å²) in [5.74, 6) is 0. The van der Waals surface area contributed by atoms with E-state index in [-0.39, 0.29) is 0 Å². The van der Waals surface area contributed by atoms with Crippen LogP contribution in [-0.2, 0) is 13.1 Å². The first-order chi connectivity index (χ1) is 10.4. The zero-order chi connectivity index (χ0) is 14.1. The molecule has 2 aromatic heterocycles. The second kappa shape index (κ2) is 5.34. The number of pyridine rings is 1. The molecule has 4 rings (SSSR count). The van der Waals surface area contributed by atoms with Gasteiger partial charge in [0.2, 0.25) is 0 Å². The fourth-order valence-corrected chi connectivity index (χ4v) is 2.85. The predicted molar refractivity (Wildman–Crippen MR) is 85.1 cm³/mol. The van der Waals surface area contributed by atoms with Crippen molar-refractivity contribution in [2.75, 3.05) is 0 Å². The van der Waals surface area contributed by atoms with Gasteiger partial charge in [0.05, 0.1) is 5.52 Å². The molecule has 2 heterocycles. The quantitative estimate of drug-likeness (QED) is 0.775. The summed E-state index contributed by atoms with van der Waals surface area (Å²) >= 11 is 0. The Morgan fingerprint density at radius 3 is 2.90 bits per heavy atom. The third kappa shape index (κ3) is 2.69. The van der Waals surface area contributed by atoms with Crippen molar-refractivity contribution in [3.63, 3.8) is 0 Å². The number of fused-ring (bicyclic) bond motifs is 1. The highest BCUT2D eigenvalue weighted by molar-refractivity contribution is 5.83. The molecule has 0 amide bonds. The third-order valence-corrected chi connectivity index (χ3v) is 4.11. The van der Waals surface area contributed by atoms with E-state index >= 15 is 0 Å². The number of hydrogen-bond donors (Lipinski definition) is 1. The van der Waals surface area contributed by atoms with Crippen LogP contribution in [0, 0.1) is 0 Å². The topological polar surface area (TPSA) is 29.9 Å². The van der Waals surface area contributed by atoms with Crippen LogP contribution in [0.4, 0.5) is 0 Å². The van der Waals surface area contributed by atoms with E-state index in [9.17, 15) is 0 Å². The Morgan fingerprint density at radius 1 is 1.14 bits per heavy atom. The predicted octanol–water partition coefficient (Wildman–Crippen LogP) is 3.34. The van der Waals surface area contributed by atoms with Gasteiger partial charge in [0.25, 0.3) is 0 Å². The number of benzene rings is 1. The van der Waals surface area contributed by atoms with Gasteiger partial charge < -0.3 is 9.88 Å². The summed E-state index contributed by atoms with van der Waals surface area (Å²) in [6.07, 6.45) is 8.59. The van der Waals surface area contributed by atoms with Crippen molar-refractivity contribution >= 4 is 10.9 Å². The second-order valence-corrected chi connectivity index (χ2v) is 5.82. The van der Waals surface area contributed by atoms with E-state index in [1.54, 1.807) is 0 Å². The molecule has 1 fully saturated rings. The summed E-state index contributed by atoms with van der Waals surface area (Å²) < 4.78 is 2.33. The number of hydrogen-bond acceptors (Lipinski definition) is 2. The van der Waals surface area contributed by atoms with Gasteiger partial charge in [-0.3, -0.25) is 4.98 Å². The minimum Gasteiger partial charge on any atom is -0.343 e. The Balaban J connectivity index is 1.67. The Morgan fingerprint density at radius 2 is 2.10 bits per heavy atom. The van der Waals surface area contributed by atoms with Crippen molar-refractivity contribution in [2.45, 2.75) is 32.0 Å². The largest absolute Gasteiger partial charge is 0.343 e. The monoisotopic (exact) mass is 277 g/mol. The molecule has 1 N–H and O–H groups in total. The highest BCUT2D eigenvalue weighted by Crippen LogP contribution is 2.24. The van der Waals surface area contributed by atoms with E-state index in [1.165, 1.54) is 34.9 Å². The van der Waals surface area contributed by atoms with E-state index in [4.69, 9.17) is 0 Å². The second-order valence-electron chi connectivity index (χ2n) is 5.82. The summed E-state index contributed by atoms with van der Waals surface area (Å²) in [5, 5.41) is 4.93. The summed E-state index contributed by atoms with van der Waals surface area (Å²) in [6.45, 7) is 1.83.